The topological polar surface area (TPSA) is 13.1 Å². The summed E-state index contributed by atoms with van der Waals surface area (Å²) in [7, 11) is 0. The molecule has 0 aliphatic carbocycles. The Morgan fingerprint density at radius 3 is 1.38 bits per heavy atom. The van der Waals surface area contributed by atoms with Crippen molar-refractivity contribution >= 4 is 92.2 Å². The van der Waals surface area contributed by atoms with Gasteiger partial charge in [0.2, 0.25) is 0 Å². The van der Waals surface area contributed by atoms with Crippen molar-refractivity contribution < 1.29 is 0 Å². The molecule has 0 N–H and O–H groups in total. The summed E-state index contributed by atoms with van der Waals surface area (Å²) >= 11 is 1.88. The highest BCUT2D eigenvalue weighted by Gasteiger charge is 2.18. The molecule has 0 aliphatic heterocycles. The first-order valence-electron chi connectivity index (χ1n) is 21.8. The zero-order valence-corrected chi connectivity index (χ0v) is 35.6. The summed E-state index contributed by atoms with van der Waals surface area (Å²) in [4.78, 5) is 2.37. The minimum absolute atomic E-state index is 1.09. The fraction of sp³-hybridized carbons (Fsp3) is 0. The zero-order valence-electron chi connectivity index (χ0n) is 34.8. The summed E-state index contributed by atoms with van der Waals surface area (Å²) in [6.45, 7) is 0. The van der Waals surface area contributed by atoms with E-state index in [2.05, 4.69) is 251 Å². The average molecular weight is 834 g/mol. The van der Waals surface area contributed by atoms with Gasteiger partial charge in [-0.25, -0.2) is 0 Å². The molecule has 0 atom stereocenters. The maximum atomic E-state index is 2.38. The van der Waals surface area contributed by atoms with Crippen LogP contribution in [0, 0.1) is 0 Å². The van der Waals surface area contributed by atoms with E-state index in [4.69, 9.17) is 0 Å². The predicted octanol–water partition coefficient (Wildman–Crippen LogP) is 17.1. The molecule has 3 heterocycles. The highest BCUT2D eigenvalue weighted by molar-refractivity contribution is 7.26. The maximum Gasteiger partial charge on any atom is 0.0541 e. The lowest BCUT2D eigenvalue weighted by Crippen LogP contribution is -2.10. The second-order valence-electron chi connectivity index (χ2n) is 16.5. The van der Waals surface area contributed by atoms with E-state index in [9.17, 15) is 0 Å². The summed E-state index contributed by atoms with van der Waals surface area (Å²) in [5.41, 5.74) is 15.2. The Morgan fingerprint density at radius 1 is 0.297 bits per heavy atom. The smallest absolute Gasteiger partial charge is 0.0541 e. The Labute approximate surface area is 374 Å². The third kappa shape index (κ3) is 5.81. The van der Waals surface area contributed by atoms with Crippen LogP contribution in [0.15, 0.2) is 237 Å². The van der Waals surface area contributed by atoms with Gasteiger partial charge in [0.15, 0.2) is 0 Å². The first-order valence-corrected chi connectivity index (χ1v) is 22.7. The molecule has 0 spiro atoms. The van der Waals surface area contributed by atoms with E-state index in [-0.39, 0.29) is 0 Å². The summed E-state index contributed by atoms with van der Waals surface area (Å²) in [5.74, 6) is 0. The van der Waals surface area contributed by atoms with Crippen molar-refractivity contribution in [1.82, 2.24) is 9.13 Å². The van der Waals surface area contributed by atoms with Gasteiger partial charge in [0, 0.05) is 70.2 Å². The lowest BCUT2D eigenvalue weighted by molar-refractivity contribution is 1.17. The van der Waals surface area contributed by atoms with Gasteiger partial charge in [-0.1, -0.05) is 140 Å². The van der Waals surface area contributed by atoms with E-state index in [1.165, 1.54) is 91.7 Å². The molecule has 10 aromatic carbocycles. The lowest BCUT2D eigenvalue weighted by Gasteiger charge is -2.26. The minimum Gasteiger partial charge on any atom is -0.311 e. The highest BCUT2D eigenvalue weighted by Crippen LogP contribution is 2.43. The number of rotatable bonds is 7. The molecule has 0 amide bonds. The molecule has 64 heavy (non-hydrogen) atoms. The molecule has 4 heteroatoms. The molecule has 3 nitrogen and oxygen atoms in total. The standard InChI is InChI=1S/C60H39N3S/c1-2-13-43(14-3-1)62-57-23-10-6-17-51(57)54-39-42(29-38-58(54)62)40-25-30-44(31-26-40)61(45-32-27-41(28-33-45)48-19-12-20-53-52-18-7-11-24-59(52)64-60(48)53)46-34-36-47(37-35-46)63-55-21-8-4-15-49(55)50-16-5-9-22-56(50)63/h1-39H. The number of hydrogen-bond acceptors (Lipinski definition) is 2. The molecule has 3 aromatic heterocycles. The Hall–Kier alpha value is -8.18. The number of fused-ring (bicyclic) bond motifs is 9. The number of anilines is 3. The SMILES string of the molecule is c1ccc(-n2c3ccccc3c3cc(-c4ccc(N(c5ccc(-c6cccc7c6sc6ccccc67)cc5)c5ccc(-n6c7ccccc7c7ccccc76)cc5)cc4)ccc32)cc1. The largest absolute Gasteiger partial charge is 0.311 e. The lowest BCUT2D eigenvalue weighted by atomic mass is 10.0. The molecular formula is C60H39N3S. The molecule has 13 aromatic rings. The van der Waals surface area contributed by atoms with E-state index < -0.39 is 0 Å². The van der Waals surface area contributed by atoms with Crippen molar-refractivity contribution in [2.75, 3.05) is 4.90 Å². The number of benzene rings is 10. The third-order valence-corrected chi connectivity index (χ3v) is 14.2. The van der Waals surface area contributed by atoms with Crippen LogP contribution in [0.2, 0.25) is 0 Å². The van der Waals surface area contributed by atoms with E-state index in [1.54, 1.807) is 0 Å². The van der Waals surface area contributed by atoms with Crippen molar-refractivity contribution in [1.29, 1.82) is 0 Å². The van der Waals surface area contributed by atoms with Crippen molar-refractivity contribution in [2.24, 2.45) is 0 Å². The Bertz CT molecular complexity index is 3820. The molecule has 0 aliphatic rings. The molecular weight excluding hydrogens is 795 g/mol. The normalized spacial score (nSPS) is 11.8. The van der Waals surface area contributed by atoms with Crippen LogP contribution in [0.3, 0.4) is 0 Å². The molecule has 0 unspecified atom stereocenters. The quantitative estimate of drug-likeness (QED) is 0.156. The van der Waals surface area contributed by atoms with Crippen LogP contribution in [0.4, 0.5) is 17.1 Å². The first kappa shape index (κ1) is 36.5. The highest BCUT2D eigenvalue weighted by atomic mass is 32.1. The summed E-state index contributed by atoms with van der Waals surface area (Å²) in [5, 5.41) is 7.65. The van der Waals surface area contributed by atoms with Gasteiger partial charge < -0.3 is 14.0 Å². The fourth-order valence-electron chi connectivity index (χ4n) is 9.97. The van der Waals surface area contributed by atoms with E-state index >= 15 is 0 Å². The van der Waals surface area contributed by atoms with Crippen molar-refractivity contribution in [3.05, 3.63) is 237 Å². The Balaban J connectivity index is 0.910. The number of thiophene rings is 1. The van der Waals surface area contributed by atoms with Crippen molar-refractivity contribution in [3.8, 4) is 33.6 Å². The van der Waals surface area contributed by atoms with Gasteiger partial charge in [0.1, 0.15) is 0 Å². The van der Waals surface area contributed by atoms with Gasteiger partial charge in [-0.3, -0.25) is 0 Å². The van der Waals surface area contributed by atoms with Crippen LogP contribution in [0.1, 0.15) is 0 Å². The van der Waals surface area contributed by atoms with Crippen molar-refractivity contribution in [2.45, 2.75) is 0 Å². The Kier molecular flexibility index (Phi) is 8.40. The monoisotopic (exact) mass is 833 g/mol. The van der Waals surface area contributed by atoms with Crippen LogP contribution in [-0.2, 0) is 0 Å². The minimum atomic E-state index is 1.09. The van der Waals surface area contributed by atoms with Gasteiger partial charge in [-0.15, -0.1) is 11.3 Å². The second-order valence-corrected chi connectivity index (χ2v) is 17.6. The number of para-hydroxylation sites is 4. The summed E-state index contributed by atoms with van der Waals surface area (Å²) < 4.78 is 7.40. The van der Waals surface area contributed by atoms with Crippen LogP contribution in [-0.4, -0.2) is 9.13 Å². The number of aromatic nitrogens is 2. The van der Waals surface area contributed by atoms with Crippen LogP contribution < -0.4 is 4.90 Å². The van der Waals surface area contributed by atoms with Gasteiger partial charge in [-0.2, -0.15) is 0 Å². The molecule has 0 saturated carbocycles. The first-order chi connectivity index (χ1) is 31.7. The number of nitrogens with zero attached hydrogens (tertiary/aromatic N) is 3. The molecule has 13 rings (SSSR count). The molecule has 0 bridgehead atoms. The van der Waals surface area contributed by atoms with E-state index in [1.807, 2.05) is 11.3 Å². The number of hydrogen-bond donors (Lipinski definition) is 0. The summed E-state index contributed by atoms with van der Waals surface area (Å²) in [6, 6.07) is 86.3. The molecule has 0 saturated heterocycles. The zero-order chi connectivity index (χ0) is 42.1. The van der Waals surface area contributed by atoms with Gasteiger partial charge in [0.05, 0.1) is 22.1 Å². The van der Waals surface area contributed by atoms with E-state index in [0.29, 0.717) is 0 Å². The van der Waals surface area contributed by atoms with Crippen LogP contribution in [0.5, 0.6) is 0 Å². The van der Waals surface area contributed by atoms with Gasteiger partial charge in [-0.05, 0) is 119 Å². The van der Waals surface area contributed by atoms with E-state index in [0.717, 1.165) is 22.7 Å². The molecule has 0 fully saturated rings. The van der Waals surface area contributed by atoms with Gasteiger partial charge >= 0.3 is 0 Å². The van der Waals surface area contributed by atoms with Gasteiger partial charge in [0.25, 0.3) is 0 Å². The third-order valence-electron chi connectivity index (χ3n) is 12.9. The fourth-order valence-corrected chi connectivity index (χ4v) is 11.2. The molecule has 0 radical (unpaired) electrons. The Morgan fingerprint density at radius 2 is 0.750 bits per heavy atom. The predicted molar refractivity (Wildman–Crippen MR) is 274 cm³/mol. The average Bonchev–Trinajstić information content (AvgIpc) is 4.03. The van der Waals surface area contributed by atoms with Crippen molar-refractivity contribution in [3.63, 3.8) is 0 Å². The van der Waals surface area contributed by atoms with Crippen LogP contribution in [0.25, 0.3) is 97.4 Å². The molecule has 300 valence electrons. The van der Waals surface area contributed by atoms with Crippen LogP contribution >= 0.6 is 11.3 Å². The maximum absolute atomic E-state index is 2.38. The summed E-state index contributed by atoms with van der Waals surface area (Å²) in [6.07, 6.45) is 0. The second kappa shape index (κ2) is 14.7.